The highest BCUT2D eigenvalue weighted by atomic mass is 16.5. The molecule has 2 saturated heterocycles. The number of hydrogen-bond acceptors (Lipinski definition) is 8. The van der Waals surface area contributed by atoms with Crippen LogP contribution in [-0.4, -0.2) is 95.0 Å². The molecule has 2 aliphatic heterocycles. The number of rotatable bonds is 8. The van der Waals surface area contributed by atoms with Crippen molar-refractivity contribution in [2.24, 2.45) is 0 Å². The zero-order chi connectivity index (χ0) is 25.1. The SMILES string of the molecule is COc1nnc2ccc(N3CCC(c4ccc(OCCCN5CCN(C)C(=O)[C@H]5C)cc4)CC3)nn12. The number of anilines is 1. The summed E-state index contributed by atoms with van der Waals surface area (Å²) in [7, 11) is 3.45. The van der Waals surface area contributed by atoms with Gasteiger partial charge in [0, 0.05) is 39.8 Å². The van der Waals surface area contributed by atoms with Crippen molar-refractivity contribution >= 4 is 17.4 Å². The highest BCUT2D eigenvalue weighted by Gasteiger charge is 2.28. The average Bonchev–Trinajstić information content (AvgIpc) is 3.34. The number of benzene rings is 1. The van der Waals surface area contributed by atoms with Crippen LogP contribution in [-0.2, 0) is 4.79 Å². The van der Waals surface area contributed by atoms with Gasteiger partial charge in [0.15, 0.2) is 5.65 Å². The summed E-state index contributed by atoms with van der Waals surface area (Å²) in [4.78, 5) is 18.5. The van der Waals surface area contributed by atoms with Crippen LogP contribution in [0.25, 0.3) is 5.65 Å². The van der Waals surface area contributed by atoms with Gasteiger partial charge in [0.05, 0.1) is 19.8 Å². The fourth-order valence-corrected chi connectivity index (χ4v) is 5.15. The van der Waals surface area contributed by atoms with E-state index in [1.54, 1.807) is 11.6 Å². The maximum Gasteiger partial charge on any atom is 0.338 e. The van der Waals surface area contributed by atoms with E-state index in [0.29, 0.717) is 24.2 Å². The summed E-state index contributed by atoms with van der Waals surface area (Å²) in [5.74, 6) is 2.55. The van der Waals surface area contributed by atoms with E-state index in [1.807, 2.05) is 31.0 Å². The van der Waals surface area contributed by atoms with Gasteiger partial charge in [-0.15, -0.1) is 10.2 Å². The van der Waals surface area contributed by atoms with Gasteiger partial charge in [0.2, 0.25) is 5.91 Å². The fourth-order valence-electron chi connectivity index (χ4n) is 5.15. The second kappa shape index (κ2) is 10.7. The van der Waals surface area contributed by atoms with Gasteiger partial charge in [-0.2, -0.15) is 4.52 Å². The standard InChI is InChI=1S/C26H35N7O3/c1-19-25(34)30(2)16-17-31(19)13-4-18-36-22-7-5-20(6-8-22)21-11-14-32(15-12-21)24-10-9-23-27-28-26(35-3)33(23)29-24/h5-10,19,21H,4,11-18H2,1-3H3/t19-/m1/s1. The van der Waals surface area contributed by atoms with Gasteiger partial charge in [0.1, 0.15) is 11.6 Å². The van der Waals surface area contributed by atoms with Crippen LogP contribution in [0.3, 0.4) is 0 Å². The molecule has 5 rings (SSSR count). The molecule has 3 aromatic rings. The van der Waals surface area contributed by atoms with Crippen molar-refractivity contribution in [3.63, 3.8) is 0 Å². The first-order valence-corrected chi connectivity index (χ1v) is 12.8. The predicted molar refractivity (Wildman–Crippen MR) is 137 cm³/mol. The van der Waals surface area contributed by atoms with E-state index in [0.717, 1.165) is 63.6 Å². The van der Waals surface area contributed by atoms with E-state index in [-0.39, 0.29) is 11.9 Å². The number of aromatic nitrogens is 4. The summed E-state index contributed by atoms with van der Waals surface area (Å²) in [5.41, 5.74) is 2.03. The van der Waals surface area contributed by atoms with Crippen molar-refractivity contribution in [2.45, 2.75) is 38.1 Å². The Bertz CT molecular complexity index is 1170. The van der Waals surface area contributed by atoms with Crippen LogP contribution in [0.4, 0.5) is 5.82 Å². The lowest BCUT2D eigenvalue weighted by Crippen LogP contribution is -2.54. The number of nitrogens with zero attached hydrogens (tertiary/aromatic N) is 7. The van der Waals surface area contributed by atoms with Gasteiger partial charge in [0.25, 0.3) is 0 Å². The smallest absolute Gasteiger partial charge is 0.338 e. The van der Waals surface area contributed by atoms with E-state index in [9.17, 15) is 4.79 Å². The third kappa shape index (κ3) is 5.09. The minimum Gasteiger partial charge on any atom is -0.494 e. The molecule has 1 amide bonds. The quantitative estimate of drug-likeness (QED) is 0.442. The van der Waals surface area contributed by atoms with Crippen LogP contribution in [0.5, 0.6) is 11.8 Å². The highest BCUT2D eigenvalue weighted by Crippen LogP contribution is 2.31. The summed E-state index contributed by atoms with van der Waals surface area (Å²) in [6.07, 6.45) is 3.05. The number of amides is 1. The number of fused-ring (bicyclic) bond motifs is 1. The number of ether oxygens (including phenoxy) is 2. The molecule has 0 saturated carbocycles. The van der Waals surface area contributed by atoms with Gasteiger partial charge in [-0.3, -0.25) is 9.69 Å². The molecule has 0 bridgehead atoms. The van der Waals surface area contributed by atoms with Gasteiger partial charge in [-0.05, 0) is 61.9 Å². The molecule has 36 heavy (non-hydrogen) atoms. The molecule has 0 aliphatic carbocycles. The van der Waals surface area contributed by atoms with Gasteiger partial charge in [-0.1, -0.05) is 17.2 Å². The minimum atomic E-state index is -0.0427. The minimum absolute atomic E-state index is 0.0427. The molecular formula is C26H35N7O3. The number of carbonyl (C=O) groups excluding carboxylic acids is 1. The monoisotopic (exact) mass is 493 g/mol. The van der Waals surface area contributed by atoms with Crippen molar-refractivity contribution in [3.05, 3.63) is 42.0 Å². The van der Waals surface area contributed by atoms with Crippen LogP contribution in [0.1, 0.15) is 37.7 Å². The molecule has 0 N–H and O–H groups in total. The van der Waals surface area contributed by atoms with Gasteiger partial charge >= 0.3 is 6.01 Å². The highest BCUT2D eigenvalue weighted by molar-refractivity contribution is 5.81. The van der Waals surface area contributed by atoms with E-state index < -0.39 is 0 Å². The van der Waals surface area contributed by atoms with Crippen LogP contribution in [0.2, 0.25) is 0 Å². The largest absolute Gasteiger partial charge is 0.494 e. The van der Waals surface area contributed by atoms with Crippen LogP contribution < -0.4 is 14.4 Å². The number of hydrogen-bond donors (Lipinski definition) is 0. The Morgan fingerprint density at radius 1 is 1.00 bits per heavy atom. The lowest BCUT2D eigenvalue weighted by Gasteiger charge is -2.37. The third-order valence-corrected chi connectivity index (χ3v) is 7.44. The number of piperazine rings is 1. The number of likely N-dealkylation sites (N-methyl/N-ethyl adjacent to an activating group) is 1. The van der Waals surface area contributed by atoms with E-state index in [1.165, 1.54) is 5.56 Å². The zero-order valence-electron chi connectivity index (χ0n) is 21.3. The molecule has 2 fully saturated rings. The Balaban J connectivity index is 1.08. The Morgan fingerprint density at radius 2 is 1.78 bits per heavy atom. The summed E-state index contributed by atoms with van der Waals surface area (Å²) >= 11 is 0. The second-order valence-corrected chi connectivity index (χ2v) is 9.65. The first-order chi connectivity index (χ1) is 17.5. The lowest BCUT2D eigenvalue weighted by molar-refractivity contribution is -0.139. The molecule has 1 aromatic carbocycles. The first kappa shape index (κ1) is 24.3. The average molecular weight is 494 g/mol. The third-order valence-electron chi connectivity index (χ3n) is 7.44. The van der Waals surface area contributed by atoms with Crippen LogP contribution >= 0.6 is 0 Å². The predicted octanol–water partition coefficient (Wildman–Crippen LogP) is 2.45. The van der Waals surface area contributed by atoms with E-state index >= 15 is 0 Å². The maximum atomic E-state index is 12.1. The van der Waals surface area contributed by atoms with Crippen molar-refractivity contribution in [1.82, 2.24) is 29.6 Å². The summed E-state index contributed by atoms with van der Waals surface area (Å²) in [6.45, 7) is 7.13. The Kier molecular flexibility index (Phi) is 7.22. The lowest BCUT2D eigenvalue weighted by atomic mass is 9.89. The van der Waals surface area contributed by atoms with Gasteiger partial charge in [-0.25, -0.2) is 0 Å². The van der Waals surface area contributed by atoms with Crippen molar-refractivity contribution in [1.29, 1.82) is 0 Å². The molecule has 0 unspecified atom stereocenters. The molecule has 192 valence electrons. The molecule has 4 heterocycles. The Hall–Kier alpha value is -3.40. The number of carbonyl (C=O) groups is 1. The maximum absolute atomic E-state index is 12.1. The Morgan fingerprint density at radius 3 is 2.53 bits per heavy atom. The molecule has 1 atom stereocenters. The molecule has 2 aliphatic rings. The summed E-state index contributed by atoms with van der Waals surface area (Å²) in [5, 5.41) is 12.7. The number of piperidine rings is 1. The number of methoxy groups -OCH3 is 1. The van der Waals surface area contributed by atoms with Crippen molar-refractivity contribution in [3.8, 4) is 11.8 Å². The van der Waals surface area contributed by atoms with Crippen molar-refractivity contribution in [2.75, 3.05) is 58.4 Å². The van der Waals surface area contributed by atoms with E-state index in [4.69, 9.17) is 9.47 Å². The van der Waals surface area contributed by atoms with Gasteiger partial charge < -0.3 is 19.3 Å². The molecule has 2 aromatic heterocycles. The topological polar surface area (TPSA) is 88.3 Å². The molecular weight excluding hydrogens is 458 g/mol. The fraction of sp³-hybridized carbons (Fsp3) is 0.538. The zero-order valence-corrected chi connectivity index (χ0v) is 21.3. The molecule has 0 spiro atoms. The normalized spacial score (nSPS) is 19.8. The van der Waals surface area contributed by atoms with Crippen LogP contribution in [0, 0.1) is 0 Å². The first-order valence-electron chi connectivity index (χ1n) is 12.8. The Labute approximate surface area is 211 Å². The van der Waals surface area contributed by atoms with Crippen LogP contribution in [0.15, 0.2) is 36.4 Å². The van der Waals surface area contributed by atoms with E-state index in [2.05, 4.69) is 49.4 Å². The molecule has 0 radical (unpaired) electrons. The molecule has 10 nitrogen and oxygen atoms in total. The summed E-state index contributed by atoms with van der Waals surface area (Å²) in [6, 6.07) is 12.8. The molecule has 10 heteroatoms. The second-order valence-electron chi connectivity index (χ2n) is 9.65. The van der Waals surface area contributed by atoms with Crippen molar-refractivity contribution < 1.29 is 14.3 Å². The summed E-state index contributed by atoms with van der Waals surface area (Å²) < 4.78 is 12.9.